The first-order valence-electron chi connectivity index (χ1n) is 6.78. The van der Waals surface area contributed by atoms with Crippen LogP contribution in [-0.4, -0.2) is 15.4 Å². The third-order valence-electron chi connectivity index (χ3n) is 3.30. The van der Waals surface area contributed by atoms with Crippen molar-refractivity contribution in [3.63, 3.8) is 0 Å². The van der Waals surface area contributed by atoms with Crippen LogP contribution in [0.15, 0.2) is 47.3 Å². The van der Waals surface area contributed by atoms with Gasteiger partial charge >= 0.3 is 4.87 Å². The molecule has 0 saturated carbocycles. The van der Waals surface area contributed by atoms with Crippen molar-refractivity contribution in [1.29, 1.82) is 0 Å². The molecule has 0 unspecified atom stereocenters. The third-order valence-corrected chi connectivity index (χ3v) is 4.58. The molecule has 0 saturated heterocycles. The van der Waals surface area contributed by atoms with Gasteiger partial charge in [0, 0.05) is 11.8 Å². The Labute approximate surface area is 144 Å². The molecule has 0 bridgehead atoms. The zero-order valence-corrected chi connectivity index (χ0v) is 13.6. The molecule has 24 heavy (non-hydrogen) atoms. The Morgan fingerprint density at radius 1 is 1.29 bits per heavy atom. The van der Waals surface area contributed by atoms with E-state index >= 15 is 0 Å². The Hall–Kier alpha value is -2.71. The quantitative estimate of drug-likeness (QED) is 0.568. The van der Waals surface area contributed by atoms with E-state index in [2.05, 4.69) is 5.32 Å². The number of benzene rings is 2. The molecule has 7 nitrogen and oxygen atoms in total. The second-order valence-electron chi connectivity index (χ2n) is 4.89. The molecule has 9 heteroatoms. The summed E-state index contributed by atoms with van der Waals surface area (Å²) in [6, 6.07) is 11.1. The first-order chi connectivity index (χ1) is 11.5. The van der Waals surface area contributed by atoms with Crippen LogP contribution in [0.5, 0.6) is 0 Å². The molecule has 0 aliphatic carbocycles. The maximum Gasteiger partial charge on any atom is 0.308 e. The van der Waals surface area contributed by atoms with Gasteiger partial charge in [-0.25, -0.2) is 0 Å². The number of nitro benzene ring substituents is 1. The van der Waals surface area contributed by atoms with Crippen molar-refractivity contribution < 1.29 is 9.72 Å². The van der Waals surface area contributed by atoms with Crippen LogP contribution in [0.4, 0.5) is 11.4 Å². The number of nitro groups is 1. The van der Waals surface area contributed by atoms with Gasteiger partial charge in [-0.15, -0.1) is 0 Å². The molecular formula is C15H10ClN3O4S. The molecule has 0 fully saturated rings. The minimum absolute atomic E-state index is 0.0157. The second kappa shape index (κ2) is 6.42. The lowest BCUT2D eigenvalue weighted by Gasteiger charge is -2.07. The Kier molecular flexibility index (Phi) is 4.32. The number of thiazole rings is 1. The minimum Gasteiger partial charge on any atom is -0.324 e. The van der Waals surface area contributed by atoms with E-state index < -0.39 is 10.8 Å². The Morgan fingerprint density at radius 2 is 2.04 bits per heavy atom. The molecule has 122 valence electrons. The summed E-state index contributed by atoms with van der Waals surface area (Å²) in [4.78, 5) is 34.2. The number of para-hydroxylation sites is 1. The molecule has 0 aliphatic rings. The molecule has 1 heterocycles. The molecule has 1 aromatic heterocycles. The van der Waals surface area contributed by atoms with E-state index in [1.54, 1.807) is 18.2 Å². The van der Waals surface area contributed by atoms with Crippen molar-refractivity contribution in [3.05, 3.63) is 67.3 Å². The summed E-state index contributed by atoms with van der Waals surface area (Å²) in [7, 11) is 0. The largest absolute Gasteiger partial charge is 0.324 e. The number of carbonyl (C=O) groups excluding carboxylic acids is 1. The lowest BCUT2D eigenvalue weighted by atomic mass is 10.2. The van der Waals surface area contributed by atoms with Gasteiger partial charge in [0.15, 0.2) is 0 Å². The van der Waals surface area contributed by atoms with Crippen LogP contribution in [-0.2, 0) is 11.3 Å². The number of rotatable bonds is 4. The van der Waals surface area contributed by atoms with E-state index in [1.165, 1.54) is 22.8 Å². The van der Waals surface area contributed by atoms with Gasteiger partial charge < -0.3 is 5.32 Å². The predicted octanol–water partition coefficient (Wildman–Crippen LogP) is 3.26. The average molecular weight is 364 g/mol. The van der Waals surface area contributed by atoms with Crippen molar-refractivity contribution in [2.45, 2.75) is 6.54 Å². The lowest BCUT2D eigenvalue weighted by Crippen LogP contribution is -2.24. The minimum atomic E-state index is -0.630. The topological polar surface area (TPSA) is 94.2 Å². The van der Waals surface area contributed by atoms with Crippen LogP contribution >= 0.6 is 22.9 Å². The number of aromatic nitrogens is 1. The maximum atomic E-state index is 12.2. The fraction of sp³-hybridized carbons (Fsp3) is 0.0667. The highest BCUT2D eigenvalue weighted by Gasteiger charge is 2.15. The molecule has 3 aromatic rings. The highest BCUT2D eigenvalue weighted by Crippen LogP contribution is 2.27. The highest BCUT2D eigenvalue weighted by molar-refractivity contribution is 7.16. The number of fused-ring (bicyclic) bond motifs is 1. The zero-order chi connectivity index (χ0) is 17.3. The van der Waals surface area contributed by atoms with Gasteiger partial charge in [-0.1, -0.05) is 35.1 Å². The van der Waals surface area contributed by atoms with Gasteiger partial charge in [0.1, 0.15) is 11.6 Å². The summed E-state index contributed by atoms with van der Waals surface area (Å²) in [5, 5.41) is 13.4. The number of nitrogens with one attached hydrogen (secondary N) is 1. The lowest BCUT2D eigenvalue weighted by molar-refractivity contribution is -0.384. The molecule has 0 aliphatic heterocycles. The summed E-state index contributed by atoms with van der Waals surface area (Å²) in [6.07, 6.45) is 0. The van der Waals surface area contributed by atoms with Crippen molar-refractivity contribution in [3.8, 4) is 0 Å². The van der Waals surface area contributed by atoms with Crippen molar-refractivity contribution >= 4 is 50.4 Å². The van der Waals surface area contributed by atoms with Crippen LogP contribution < -0.4 is 10.2 Å². The third kappa shape index (κ3) is 3.15. The van der Waals surface area contributed by atoms with E-state index in [0.29, 0.717) is 5.52 Å². The van der Waals surface area contributed by atoms with Crippen LogP contribution in [0.25, 0.3) is 10.2 Å². The standard InChI is InChI=1S/C15H10ClN3O4S/c16-10-6-5-9(7-12(10)19(22)23)17-14(20)8-18-11-3-1-2-4-13(11)24-15(18)21/h1-7H,8H2,(H,17,20). The van der Waals surface area contributed by atoms with E-state index in [9.17, 15) is 19.7 Å². The van der Waals surface area contributed by atoms with Gasteiger partial charge in [-0.2, -0.15) is 0 Å². The smallest absolute Gasteiger partial charge is 0.308 e. The van der Waals surface area contributed by atoms with Gasteiger partial charge in [0.05, 0.1) is 15.1 Å². The number of halogens is 1. The second-order valence-corrected chi connectivity index (χ2v) is 6.29. The molecule has 1 N–H and O–H groups in total. The van der Waals surface area contributed by atoms with Crippen LogP contribution in [0, 0.1) is 10.1 Å². The number of hydrogen-bond donors (Lipinski definition) is 1. The normalized spacial score (nSPS) is 10.7. The van der Waals surface area contributed by atoms with Crippen molar-refractivity contribution in [1.82, 2.24) is 4.57 Å². The van der Waals surface area contributed by atoms with Crippen molar-refractivity contribution in [2.24, 2.45) is 0 Å². The number of hydrogen-bond acceptors (Lipinski definition) is 5. The van der Waals surface area contributed by atoms with E-state index in [-0.39, 0.29) is 27.8 Å². The maximum absolute atomic E-state index is 12.2. The summed E-state index contributed by atoms with van der Waals surface area (Å²) >= 11 is 6.79. The Bertz CT molecular complexity index is 1010. The van der Waals surface area contributed by atoms with Gasteiger partial charge in [0.2, 0.25) is 5.91 Å². The summed E-state index contributed by atoms with van der Waals surface area (Å²) in [6.45, 7) is -0.181. The summed E-state index contributed by atoms with van der Waals surface area (Å²) in [5.41, 5.74) is 0.612. The van der Waals surface area contributed by atoms with Gasteiger partial charge in [0.25, 0.3) is 5.69 Å². The number of nitrogens with zero attached hydrogens (tertiary/aromatic N) is 2. The zero-order valence-electron chi connectivity index (χ0n) is 12.1. The van der Waals surface area contributed by atoms with Crippen LogP contribution in [0.3, 0.4) is 0 Å². The Balaban J connectivity index is 1.83. The van der Waals surface area contributed by atoms with Crippen LogP contribution in [0.2, 0.25) is 5.02 Å². The highest BCUT2D eigenvalue weighted by atomic mass is 35.5. The fourth-order valence-electron chi connectivity index (χ4n) is 2.24. The number of carbonyl (C=O) groups is 1. The SMILES string of the molecule is O=C(Cn1c(=O)sc2ccccc21)Nc1ccc(Cl)c([N+](=O)[O-])c1. The van der Waals surface area contributed by atoms with E-state index in [4.69, 9.17) is 11.6 Å². The fourth-order valence-corrected chi connectivity index (χ4v) is 3.32. The molecule has 0 atom stereocenters. The van der Waals surface area contributed by atoms with Gasteiger partial charge in [-0.05, 0) is 24.3 Å². The molecule has 1 amide bonds. The molecule has 2 aromatic carbocycles. The Morgan fingerprint density at radius 3 is 2.79 bits per heavy atom. The monoisotopic (exact) mass is 363 g/mol. The number of amides is 1. The summed E-state index contributed by atoms with van der Waals surface area (Å²) in [5.74, 6) is -0.461. The van der Waals surface area contributed by atoms with Gasteiger partial charge in [-0.3, -0.25) is 24.3 Å². The molecule has 0 spiro atoms. The van der Waals surface area contributed by atoms with E-state index in [1.807, 2.05) is 6.07 Å². The first-order valence-corrected chi connectivity index (χ1v) is 7.97. The summed E-state index contributed by atoms with van der Waals surface area (Å²) < 4.78 is 2.15. The van der Waals surface area contributed by atoms with Crippen LogP contribution in [0.1, 0.15) is 0 Å². The molecule has 3 rings (SSSR count). The average Bonchev–Trinajstić information content (AvgIpc) is 2.85. The van der Waals surface area contributed by atoms with E-state index in [0.717, 1.165) is 16.0 Å². The molecular weight excluding hydrogens is 354 g/mol. The predicted molar refractivity (Wildman–Crippen MR) is 92.8 cm³/mol. The molecule has 0 radical (unpaired) electrons. The first kappa shape index (κ1) is 16.2. The number of anilines is 1. The van der Waals surface area contributed by atoms with Crippen molar-refractivity contribution in [2.75, 3.05) is 5.32 Å².